The van der Waals surface area contributed by atoms with Crippen molar-refractivity contribution < 1.29 is 0 Å². The molecule has 2 aromatic carbocycles. The van der Waals surface area contributed by atoms with Gasteiger partial charge in [0.25, 0.3) is 0 Å². The molecule has 0 saturated carbocycles. The van der Waals surface area contributed by atoms with Gasteiger partial charge in [-0.1, -0.05) is 44.0 Å². The Morgan fingerprint density at radius 1 is 0.688 bits per heavy atom. The second-order valence-corrected chi connectivity index (χ2v) is 5.75. The maximum Gasteiger partial charge on any atom is 0.0178 e. The van der Waals surface area contributed by atoms with Gasteiger partial charge in [-0.25, -0.2) is 0 Å². The van der Waals surface area contributed by atoms with Crippen molar-refractivity contribution in [1.82, 2.24) is 0 Å². The molecule has 0 spiro atoms. The number of hydrogen-bond donors (Lipinski definition) is 0. The van der Waals surface area contributed by atoms with Crippen LogP contribution in [0.1, 0.15) is 11.1 Å². The first-order valence-electron chi connectivity index (χ1n) is 5.10. The average molecular weight is 340 g/mol. The van der Waals surface area contributed by atoms with E-state index in [9.17, 15) is 0 Å². The van der Waals surface area contributed by atoms with E-state index in [1.807, 2.05) is 0 Å². The minimum Gasteiger partial charge on any atom is -0.0530 e. The minimum absolute atomic E-state index is 1.13. The normalized spacial score (nSPS) is 10.5. The molecular weight excluding hydrogens is 328 g/mol. The Labute approximate surface area is 113 Å². The fourth-order valence-electron chi connectivity index (χ4n) is 1.86. The molecule has 0 N–H and O–H groups in total. The summed E-state index contributed by atoms with van der Waals surface area (Å²) < 4.78 is 2.26. The lowest BCUT2D eigenvalue weighted by molar-refractivity contribution is 1.39. The number of benzene rings is 2. The summed E-state index contributed by atoms with van der Waals surface area (Å²) in [4.78, 5) is 0. The Morgan fingerprint density at radius 3 is 1.38 bits per heavy atom. The molecule has 0 saturated heterocycles. The summed E-state index contributed by atoms with van der Waals surface area (Å²) in [5, 5.41) is 0. The molecule has 2 heteroatoms. The number of halogens is 2. The smallest absolute Gasteiger partial charge is 0.0178 e. The minimum atomic E-state index is 1.13. The van der Waals surface area contributed by atoms with Crippen LogP contribution in [0.15, 0.2) is 45.3 Å². The summed E-state index contributed by atoms with van der Waals surface area (Å²) in [6.45, 7) is 4.28. The van der Waals surface area contributed by atoms with Gasteiger partial charge in [-0.15, -0.1) is 0 Å². The quantitative estimate of drug-likeness (QED) is 0.644. The third-order valence-corrected chi connectivity index (χ3v) is 3.65. The molecule has 0 unspecified atom stereocenters. The van der Waals surface area contributed by atoms with Crippen LogP contribution in [0.3, 0.4) is 0 Å². The molecule has 0 aromatic heterocycles. The topological polar surface area (TPSA) is 0 Å². The van der Waals surface area contributed by atoms with Gasteiger partial charge in [0.1, 0.15) is 0 Å². The Bertz CT molecular complexity index is 481. The van der Waals surface area contributed by atoms with Gasteiger partial charge in [-0.2, -0.15) is 0 Å². The second kappa shape index (κ2) is 4.72. The molecule has 0 amide bonds. The van der Waals surface area contributed by atoms with Crippen LogP contribution in [0.5, 0.6) is 0 Å². The standard InChI is InChI=1S/C14H12Br2/c1-9-7-11(15)3-5-13(9)14-6-4-12(16)8-10(14)2/h3-8H,1-2H3. The summed E-state index contributed by atoms with van der Waals surface area (Å²) in [6.07, 6.45) is 0. The van der Waals surface area contributed by atoms with Gasteiger partial charge in [0, 0.05) is 8.95 Å². The van der Waals surface area contributed by atoms with Crippen molar-refractivity contribution in [3.8, 4) is 11.1 Å². The Morgan fingerprint density at radius 2 is 1.06 bits per heavy atom. The fraction of sp³-hybridized carbons (Fsp3) is 0.143. The maximum atomic E-state index is 3.49. The van der Waals surface area contributed by atoms with Gasteiger partial charge in [0.2, 0.25) is 0 Å². The predicted octanol–water partition coefficient (Wildman–Crippen LogP) is 5.50. The first-order valence-corrected chi connectivity index (χ1v) is 6.69. The van der Waals surface area contributed by atoms with Crippen molar-refractivity contribution in [3.63, 3.8) is 0 Å². The van der Waals surface area contributed by atoms with Crippen LogP contribution >= 0.6 is 31.9 Å². The highest BCUT2D eigenvalue weighted by atomic mass is 79.9. The highest BCUT2D eigenvalue weighted by Gasteiger charge is 2.05. The molecule has 0 radical (unpaired) electrons. The van der Waals surface area contributed by atoms with Crippen LogP contribution < -0.4 is 0 Å². The van der Waals surface area contributed by atoms with Crippen molar-refractivity contribution >= 4 is 31.9 Å². The van der Waals surface area contributed by atoms with E-state index in [-0.39, 0.29) is 0 Å². The van der Waals surface area contributed by atoms with E-state index in [2.05, 4.69) is 82.1 Å². The molecule has 82 valence electrons. The molecule has 0 bridgehead atoms. The SMILES string of the molecule is Cc1cc(Br)ccc1-c1ccc(Br)cc1C. The van der Waals surface area contributed by atoms with E-state index < -0.39 is 0 Å². The van der Waals surface area contributed by atoms with Crippen LogP contribution in [0, 0.1) is 13.8 Å². The van der Waals surface area contributed by atoms with Crippen molar-refractivity contribution in [2.24, 2.45) is 0 Å². The van der Waals surface area contributed by atoms with E-state index in [0.29, 0.717) is 0 Å². The van der Waals surface area contributed by atoms with Crippen molar-refractivity contribution in [1.29, 1.82) is 0 Å². The third-order valence-electron chi connectivity index (χ3n) is 2.67. The first kappa shape index (κ1) is 11.9. The van der Waals surface area contributed by atoms with E-state index in [1.165, 1.54) is 22.3 Å². The molecule has 16 heavy (non-hydrogen) atoms. The molecule has 0 aliphatic heterocycles. The van der Waals surface area contributed by atoms with Gasteiger partial charge in [-0.05, 0) is 60.4 Å². The predicted molar refractivity (Wildman–Crippen MR) is 76.8 cm³/mol. The fourth-order valence-corrected chi connectivity index (χ4v) is 2.81. The van der Waals surface area contributed by atoms with E-state index in [1.54, 1.807) is 0 Å². The molecule has 0 aliphatic rings. The Kier molecular flexibility index (Phi) is 3.50. The van der Waals surface area contributed by atoms with Crippen molar-refractivity contribution in [2.45, 2.75) is 13.8 Å². The molecule has 0 fully saturated rings. The third kappa shape index (κ3) is 2.38. The van der Waals surface area contributed by atoms with E-state index in [4.69, 9.17) is 0 Å². The zero-order valence-corrected chi connectivity index (χ0v) is 12.4. The number of rotatable bonds is 1. The molecule has 0 heterocycles. The van der Waals surface area contributed by atoms with E-state index in [0.717, 1.165) is 8.95 Å². The lowest BCUT2D eigenvalue weighted by Gasteiger charge is -2.10. The molecule has 2 rings (SSSR count). The second-order valence-electron chi connectivity index (χ2n) is 3.92. The van der Waals surface area contributed by atoms with Crippen LogP contribution in [0.4, 0.5) is 0 Å². The lowest BCUT2D eigenvalue weighted by atomic mass is 9.97. The van der Waals surface area contributed by atoms with Crippen molar-refractivity contribution in [3.05, 3.63) is 56.5 Å². The summed E-state index contributed by atoms with van der Waals surface area (Å²) in [5.74, 6) is 0. The molecule has 0 atom stereocenters. The molecule has 0 nitrogen and oxygen atoms in total. The largest absolute Gasteiger partial charge is 0.0530 e. The zero-order chi connectivity index (χ0) is 11.7. The molecule has 0 aliphatic carbocycles. The summed E-state index contributed by atoms with van der Waals surface area (Å²) in [6, 6.07) is 12.8. The molecule has 2 aromatic rings. The summed E-state index contributed by atoms with van der Waals surface area (Å²) in [7, 11) is 0. The highest BCUT2D eigenvalue weighted by Crippen LogP contribution is 2.30. The van der Waals surface area contributed by atoms with Crippen LogP contribution in [0.25, 0.3) is 11.1 Å². The van der Waals surface area contributed by atoms with Gasteiger partial charge < -0.3 is 0 Å². The van der Waals surface area contributed by atoms with Gasteiger partial charge in [-0.3, -0.25) is 0 Å². The number of hydrogen-bond acceptors (Lipinski definition) is 0. The highest BCUT2D eigenvalue weighted by molar-refractivity contribution is 9.10. The van der Waals surface area contributed by atoms with Crippen LogP contribution in [-0.4, -0.2) is 0 Å². The average Bonchev–Trinajstić information content (AvgIpc) is 2.19. The lowest BCUT2D eigenvalue weighted by Crippen LogP contribution is -1.87. The maximum absolute atomic E-state index is 3.49. The zero-order valence-electron chi connectivity index (χ0n) is 9.22. The molecular formula is C14H12Br2. The summed E-state index contributed by atoms with van der Waals surface area (Å²) in [5.41, 5.74) is 5.18. The van der Waals surface area contributed by atoms with Gasteiger partial charge >= 0.3 is 0 Å². The number of aryl methyl sites for hydroxylation is 2. The van der Waals surface area contributed by atoms with Gasteiger partial charge in [0.15, 0.2) is 0 Å². The Balaban J connectivity index is 2.59. The first-order chi connectivity index (χ1) is 7.58. The Hall–Kier alpha value is -0.600. The summed E-state index contributed by atoms with van der Waals surface area (Å²) >= 11 is 6.98. The van der Waals surface area contributed by atoms with Crippen LogP contribution in [0.2, 0.25) is 0 Å². The van der Waals surface area contributed by atoms with Gasteiger partial charge in [0.05, 0.1) is 0 Å². The van der Waals surface area contributed by atoms with Crippen molar-refractivity contribution in [2.75, 3.05) is 0 Å². The van der Waals surface area contributed by atoms with Crippen LogP contribution in [-0.2, 0) is 0 Å². The van der Waals surface area contributed by atoms with E-state index >= 15 is 0 Å². The monoisotopic (exact) mass is 338 g/mol.